The van der Waals surface area contributed by atoms with Crippen molar-refractivity contribution in [2.24, 2.45) is 0 Å². The van der Waals surface area contributed by atoms with Crippen molar-refractivity contribution in [1.29, 1.82) is 0 Å². The summed E-state index contributed by atoms with van der Waals surface area (Å²) in [5, 5.41) is 3.02. The van der Waals surface area contributed by atoms with Crippen LogP contribution in [0.2, 0.25) is 0 Å². The summed E-state index contributed by atoms with van der Waals surface area (Å²) < 4.78 is 29.8. The van der Waals surface area contributed by atoms with Crippen molar-refractivity contribution in [3.8, 4) is 5.75 Å². The van der Waals surface area contributed by atoms with Gasteiger partial charge >= 0.3 is 0 Å². The molecule has 2 rings (SSSR count). The van der Waals surface area contributed by atoms with E-state index in [1.54, 1.807) is 31.4 Å². The number of hydrogen-bond donors (Lipinski definition) is 1. The number of fused-ring (bicyclic) bond motifs is 1. The van der Waals surface area contributed by atoms with Crippen LogP contribution < -0.4 is 10.1 Å². The topological polar surface area (TPSA) is 55.4 Å². The zero-order valence-electron chi connectivity index (χ0n) is 10.6. The molecule has 98 valence electrons. The van der Waals surface area contributed by atoms with Crippen LogP contribution in [-0.4, -0.2) is 29.1 Å². The highest BCUT2D eigenvalue weighted by Gasteiger charge is 2.30. The first-order valence-corrected chi connectivity index (χ1v) is 7.37. The lowest BCUT2D eigenvalue weighted by Crippen LogP contribution is -2.09. The second-order valence-corrected chi connectivity index (χ2v) is 6.16. The van der Waals surface area contributed by atoms with E-state index in [2.05, 4.69) is 5.32 Å². The highest BCUT2D eigenvalue weighted by atomic mass is 32.2. The van der Waals surface area contributed by atoms with Gasteiger partial charge in [-0.05, 0) is 44.6 Å². The Bertz CT molecular complexity index is 576. The molecule has 0 aromatic heterocycles. The fourth-order valence-corrected chi connectivity index (χ4v) is 3.78. The molecule has 0 fully saturated rings. The Morgan fingerprint density at radius 3 is 2.78 bits per heavy atom. The lowest BCUT2D eigenvalue weighted by atomic mass is 10.1. The maximum atomic E-state index is 12.3. The Morgan fingerprint density at radius 1 is 1.33 bits per heavy atom. The minimum absolute atomic E-state index is 0.362. The summed E-state index contributed by atoms with van der Waals surface area (Å²) in [5.74, 6) is 0.611. The third-order valence-corrected chi connectivity index (χ3v) is 4.98. The van der Waals surface area contributed by atoms with E-state index in [0.717, 1.165) is 13.0 Å². The summed E-state index contributed by atoms with van der Waals surface area (Å²) in [6.07, 6.45) is 3.10. The molecule has 0 atom stereocenters. The number of benzene rings is 1. The Hall–Kier alpha value is -1.33. The van der Waals surface area contributed by atoms with E-state index in [-0.39, 0.29) is 0 Å². The highest BCUT2D eigenvalue weighted by Crippen LogP contribution is 2.39. The van der Waals surface area contributed by atoms with Gasteiger partial charge in [0.15, 0.2) is 0 Å². The minimum atomic E-state index is -3.31. The number of nitrogens with one attached hydrogen (secondary N) is 1. The molecule has 0 saturated heterocycles. The SMILES string of the molecule is CNCCCC1=Cc2c(OC)cccc2S1(=O)=O. The molecule has 4 nitrogen and oxygen atoms in total. The van der Waals surface area contributed by atoms with Gasteiger partial charge in [-0.2, -0.15) is 0 Å². The van der Waals surface area contributed by atoms with E-state index in [1.165, 1.54) is 0 Å². The van der Waals surface area contributed by atoms with Crippen LogP contribution in [0.3, 0.4) is 0 Å². The van der Waals surface area contributed by atoms with E-state index in [0.29, 0.717) is 27.5 Å². The third-order valence-electron chi connectivity index (χ3n) is 3.04. The Morgan fingerprint density at radius 2 is 2.11 bits per heavy atom. The van der Waals surface area contributed by atoms with Crippen molar-refractivity contribution in [2.75, 3.05) is 20.7 Å². The largest absolute Gasteiger partial charge is 0.496 e. The number of methoxy groups -OCH3 is 1. The van der Waals surface area contributed by atoms with Crippen molar-refractivity contribution in [1.82, 2.24) is 5.32 Å². The van der Waals surface area contributed by atoms with Crippen LogP contribution >= 0.6 is 0 Å². The number of allylic oxidation sites excluding steroid dienone is 1. The van der Waals surface area contributed by atoms with Gasteiger partial charge in [-0.1, -0.05) is 6.07 Å². The first-order chi connectivity index (χ1) is 8.61. The molecule has 0 spiro atoms. The zero-order valence-corrected chi connectivity index (χ0v) is 11.4. The first kappa shape index (κ1) is 13.1. The summed E-state index contributed by atoms with van der Waals surface area (Å²) in [6.45, 7) is 0.806. The van der Waals surface area contributed by atoms with Crippen LogP contribution in [0.25, 0.3) is 6.08 Å². The molecule has 1 aliphatic heterocycles. The molecule has 1 heterocycles. The Labute approximate surface area is 108 Å². The molecule has 1 N–H and O–H groups in total. The average Bonchev–Trinajstić information content (AvgIpc) is 2.62. The molecule has 0 aliphatic carbocycles. The van der Waals surface area contributed by atoms with Crippen molar-refractivity contribution in [2.45, 2.75) is 17.7 Å². The van der Waals surface area contributed by atoms with Crippen LogP contribution in [0.1, 0.15) is 18.4 Å². The summed E-state index contributed by atoms with van der Waals surface area (Å²) in [4.78, 5) is 0.846. The zero-order chi connectivity index (χ0) is 13.2. The maximum Gasteiger partial charge on any atom is 0.203 e. The quantitative estimate of drug-likeness (QED) is 0.827. The molecular weight excluding hydrogens is 250 g/mol. The molecule has 0 amide bonds. The second-order valence-electron chi connectivity index (χ2n) is 4.19. The molecular formula is C13H17NO3S. The molecule has 18 heavy (non-hydrogen) atoms. The minimum Gasteiger partial charge on any atom is -0.496 e. The van der Waals surface area contributed by atoms with Gasteiger partial charge in [-0.25, -0.2) is 8.42 Å². The Kier molecular flexibility index (Phi) is 3.73. The summed E-state index contributed by atoms with van der Waals surface area (Å²) in [6, 6.07) is 5.12. The second kappa shape index (κ2) is 5.12. The molecule has 5 heteroatoms. The summed E-state index contributed by atoms with van der Waals surface area (Å²) in [5.41, 5.74) is 0.680. The molecule has 0 saturated carbocycles. The predicted octanol–water partition coefficient (Wildman–Crippen LogP) is 1.82. The van der Waals surface area contributed by atoms with Gasteiger partial charge in [-0.3, -0.25) is 0 Å². The van der Waals surface area contributed by atoms with E-state index in [1.807, 2.05) is 7.05 Å². The van der Waals surface area contributed by atoms with Crippen molar-refractivity contribution >= 4 is 15.9 Å². The number of hydrogen-bond acceptors (Lipinski definition) is 4. The van der Waals surface area contributed by atoms with Crippen LogP contribution in [0.4, 0.5) is 0 Å². The normalized spacial score (nSPS) is 16.2. The molecule has 1 aromatic rings. The van der Waals surface area contributed by atoms with Crippen LogP contribution in [0.15, 0.2) is 28.0 Å². The van der Waals surface area contributed by atoms with Crippen molar-refractivity contribution in [3.05, 3.63) is 28.7 Å². The summed E-state index contributed by atoms with van der Waals surface area (Å²) >= 11 is 0. The van der Waals surface area contributed by atoms with Crippen molar-refractivity contribution < 1.29 is 13.2 Å². The maximum absolute atomic E-state index is 12.3. The lowest BCUT2D eigenvalue weighted by Gasteiger charge is -2.05. The van der Waals surface area contributed by atoms with Gasteiger partial charge in [0.1, 0.15) is 5.75 Å². The highest BCUT2D eigenvalue weighted by molar-refractivity contribution is 7.95. The van der Waals surface area contributed by atoms with Crippen molar-refractivity contribution in [3.63, 3.8) is 0 Å². The molecule has 0 radical (unpaired) electrons. The third kappa shape index (κ3) is 2.15. The number of ether oxygens (including phenoxy) is 1. The average molecular weight is 267 g/mol. The van der Waals surface area contributed by atoms with E-state index in [4.69, 9.17) is 4.74 Å². The molecule has 0 bridgehead atoms. The smallest absolute Gasteiger partial charge is 0.203 e. The van der Waals surface area contributed by atoms with Gasteiger partial charge in [0.05, 0.1) is 16.9 Å². The molecule has 0 unspecified atom stereocenters. The van der Waals surface area contributed by atoms with Gasteiger partial charge < -0.3 is 10.1 Å². The fourth-order valence-electron chi connectivity index (χ4n) is 2.10. The predicted molar refractivity (Wildman–Crippen MR) is 71.3 cm³/mol. The van der Waals surface area contributed by atoms with Gasteiger partial charge in [0.2, 0.25) is 9.84 Å². The van der Waals surface area contributed by atoms with E-state index < -0.39 is 9.84 Å². The molecule has 1 aliphatic rings. The van der Waals surface area contributed by atoms with Gasteiger partial charge in [0.25, 0.3) is 0 Å². The van der Waals surface area contributed by atoms with Crippen LogP contribution in [0, 0.1) is 0 Å². The van der Waals surface area contributed by atoms with Crippen LogP contribution in [-0.2, 0) is 9.84 Å². The number of rotatable bonds is 5. The standard InChI is InChI=1S/C13H17NO3S/c1-14-8-4-5-10-9-11-12(17-2)6-3-7-13(11)18(10,15)16/h3,6-7,9,14H,4-5,8H2,1-2H3. The fraction of sp³-hybridized carbons (Fsp3) is 0.385. The Balaban J connectivity index is 2.36. The monoisotopic (exact) mass is 267 g/mol. The van der Waals surface area contributed by atoms with Crippen LogP contribution in [0.5, 0.6) is 5.75 Å². The van der Waals surface area contributed by atoms with E-state index in [9.17, 15) is 8.42 Å². The van der Waals surface area contributed by atoms with Gasteiger partial charge in [0, 0.05) is 5.56 Å². The lowest BCUT2D eigenvalue weighted by molar-refractivity contribution is 0.412. The van der Waals surface area contributed by atoms with Gasteiger partial charge in [-0.15, -0.1) is 0 Å². The van der Waals surface area contributed by atoms with E-state index >= 15 is 0 Å². The number of sulfone groups is 1. The molecule has 1 aromatic carbocycles. The summed E-state index contributed by atoms with van der Waals surface area (Å²) in [7, 11) is 0.101. The first-order valence-electron chi connectivity index (χ1n) is 5.88.